The Balaban J connectivity index is 2.81. The summed E-state index contributed by atoms with van der Waals surface area (Å²) in [6.07, 6.45) is 2.35. The first-order chi connectivity index (χ1) is 7.26. The van der Waals surface area contributed by atoms with Crippen LogP contribution in [-0.2, 0) is 0 Å². The largest absolute Gasteiger partial charge is 0.494 e. The second-order valence-electron chi connectivity index (χ2n) is 3.37. The molecule has 0 atom stereocenters. The van der Waals surface area contributed by atoms with Gasteiger partial charge in [0.2, 0.25) is 0 Å². The molecule has 0 spiro atoms. The Morgan fingerprint density at radius 1 is 1.40 bits per heavy atom. The molecule has 3 heteroatoms. The van der Waals surface area contributed by atoms with E-state index in [0.717, 1.165) is 28.5 Å². The van der Waals surface area contributed by atoms with Gasteiger partial charge in [0.05, 0.1) is 7.11 Å². The molecular weight excluding hydrogens is 190 g/mol. The van der Waals surface area contributed by atoms with E-state index in [1.54, 1.807) is 13.3 Å². The van der Waals surface area contributed by atoms with Crippen LogP contribution in [0.1, 0.15) is 15.9 Å². The topological polar surface area (TPSA) is 39.2 Å². The Hall–Kier alpha value is -1.90. The highest BCUT2D eigenvalue weighted by Crippen LogP contribution is 2.26. The molecule has 0 saturated heterocycles. The minimum absolute atomic E-state index is 0.582. The number of methoxy groups -OCH3 is 1. The van der Waals surface area contributed by atoms with Gasteiger partial charge in [0, 0.05) is 17.1 Å². The molecular formula is C12H11NO2. The van der Waals surface area contributed by atoms with Crippen LogP contribution in [0.4, 0.5) is 0 Å². The summed E-state index contributed by atoms with van der Waals surface area (Å²) in [7, 11) is 1.61. The van der Waals surface area contributed by atoms with Crippen LogP contribution >= 0.6 is 0 Å². The molecule has 0 bridgehead atoms. The molecule has 76 valence electrons. The molecule has 2 rings (SSSR count). The van der Waals surface area contributed by atoms with Crippen molar-refractivity contribution in [1.29, 1.82) is 0 Å². The van der Waals surface area contributed by atoms with Crippen LogP contribution in [0.25, 0.3) is 10.9 Å². The lowest BCUT2D eigenvalue weighted by Gasteiger charge is -2.06. The van der Waals surface area contributed by atoms with E-state index in [9.17, 15) is 4.79 Å². The average Bonchev–Trinajstić information content (AvgIpc) is 2.29. The number of aryl methyl sites for hydroxylation is 1. The summed E-state index contributed by atoms with van der Waals surface area (Å²) in [6, 6.07) is 5.66. The van der Waals surface area contributed by atoms with Crippen molar-refractivity contribution in [3.63, 3.8) is 0 Å². The summed E-state index contributed by atoms with van der Waals surface area (Å²) < 4.78 is 5.21. The second-order valence-corrected chi connectivity index (χ2v) is 3.37. The number of carbonyl (C=O) groups is 1. The van der Waals surface area contributed by atoms with Crippen molar-refractivity contribution >= 4 is 17.2 Å². The van der Waals surface area contributed by atoms with Crippen molar-refractivity contribution in [3.05, 3.63) is 35.5 Å². The highest BCUT2D eigenvalue weighted by Gasteiger charge is 2.05. The molecule has 1 aromatic carbocycles. The minimum atomic E-state index is 0.582. The number of nitrogens with zero attached hydrogens (tertiary/aromatic N) is 1. The molecule has 0 unspecified atom stereocenters. The van der Waals surface area contributed by atoms with E-state index in [4.69, 9.17) is 4.74 Å². The summed E-state index contributed by atoms with van der Waals surface area (Å²) in [5.41, 5.74) is 2.46. The zero-order chi connectivity index (χ0) is 10.8. The van der Waals surface area contributed by atoms with Gasteiger partial charge in [0.25, 0.3) is 0 Å². The maximum absolute atomic E-state index is 10.6. The maximum Gasteiger partial charge on any atom is 0.151 e. The van der Waals surface area contributed by atoms with Crippen LogP contribution in [0.3, 0.4) is 0 Å². The van der Waals surface area contributed by atoms with Crippen molar-refractivity contribution in [2.75, 3.05) is 7.11 Å². The molecule has 0 aliphatic carbocycles. The first kappa shape index (κ1) is 9.65. The second kappa shape index (κ2) is 3.69. The van der Waals surface area contributed by atoms with Gasteiger partial charge in [-0.05, 0) is 24.6 Å². The quantitative estimate of drug-likeness (QED) is 0.700. The van der Waals surface area contributed by atoms with Crippen molar-refractivity contribution in [2.24, 2.45) is 0 Å². The third kappa shape index (κ3) is 1.56. The van der Waals surface area contributed by atoms with Gasteiger partial charge in [0.1, 0.15) is 11.3 Å². The fraction of sp³-hybridized carbons (Fsp3) is 0.167. The van der Waals surface area contributed by atoms with E-state index >= 15 is 0 Å². The Kier molecular flexibility index (Phi) is 2.37. The van der Waals surface area contributed by atoms with Gasteiger partial charge in [0.15, 0.2) is 6.29 Å². The SMILES string of the molecule is COc1ccc(C)c2cc(C=O)cnc12. The average molecular weight is 201 g/mol. The fourth-order valence-corrected chi connectivity index (χ4v) is 1.58. The van der Waals surface area contributed by atoms with Crippen molar-refractivity contribution in [1.82, 2.24) is 4.98 Å². The molecule has 0 saturated carbocycles. The van der Waals surface area contributed by atoms with Gasteiger partial charge in [-0.15, -0.1) is 0 Å². The van der Waals surface area contributed by atoms with Crippen molar-refractivity contribution in [2.45, 2.75) is 6.92 Å². The summed E-state index contributed by atoms with van der Waals surface area (Å²) in [6.45, 7) is 1.98. The van der Waals surface area contributed by atoms with Crippen LogP contribution in [0.5, 0.6) is 5.75 Å². The van der Waals surface area contributed by atoms with Crippen molar-refractivity contribution < 1.29 is 9.53 Å². The number of pyridine rings is 1. The number of ether oxygens (including phenoxy) is 1. The Morgan fingerprint density at radius 3 is 2.87 bits per heavy atom. The number of carbonyl (C=O) groups excluding carboxylic acids is 1. The summed E-state index contributed by atoms with van der Waals surface area (Å²) in [5, 5.41) is 0.957. The van der Waals surface area contributed by atoms with Crippen LogP contribution < -0.4 is 4.74 Å². The van der Waals surface area contributed by atoms with Gasteiger partial charge >= 0.3 is 0 Å². The zero-order valence-corrected chi connectivity index (χ0v) is 8.65. The van der Waals surface area contributed by atoms with E-state index in [0.29, 0.717) is 5.56 Å². The lowest BCUT2D eigenvalue weighted by molar-refractivity contribution is 0.112. The van der Waals surface area contributed by atoms with Gasteiger partial charge in [-0.25, -0.2) is 0 Å². The van der Waals surface area contributed by atoms with E-state index < -0.39 is 0 Å². The number of fused-ring (bicyclic) bond motifs is 1. The minimum Gasteiger partial charge on any atom is -0.494 e. The maximum atomic E-state index is 10.6. The van der Waals surface area contributed by atoms with Crippen LogP contribution in [0, 0.1) is 6.92 Å². The summed E-state index contributed by atoms with van der Waals surface area (Å²) in [5.74, 6) is 0.730. The molecule has 15 heavy (non-hydrogen) atoms. The predicted molar refractivity (Wildman–Crippen MR) is 58.4 cm³/mol. The third-order valence-corrected chi connectivity index (χ3v) is 2.41. The third-order valence-electron chi connectivity index (χ3n) is 2.41. The molecule has 0 N–H and O–H groups in total. The first-order valence-electron chi connectivity index (χ1n) is 4.65. The molecule has 3 nitrogen and oxygen atoms in total. The predicted octanol–water partition coefficient (Wildman–Crippen LogP) is 2.36. The monoisotopic (exact) mass is 201 g/mol. The number of aromatic nitrogens is 1. The Morgan fingerprint density at radius 2 is 2.20 bits per heavy atom. The summed E-state index contributed by atoms with van der Waals surface area (Å²) >= 11 is 0. The van der Waals surface area contributed by atoms with Gasteiger partial charge < -0.3 is 4.74 Å². The molecule has 0 fully saturated rings. The first-order valence-corrected chi connectivity index (χ1v) is 4.65. The standard InChI is InChI=1S/C12H11NO2/c1-8-3-4-11(15-2)12-10(8)5-9(7-14)6-13-12/h3-7H,1-2H3. The molecule has 1 heterocycles. The Labute approximate surface area is 87.7 Å². The number of aldehydes is 1. The molecule has 0 aliphatic rings. The Bertz CT molecular complexity index is 520. The lowest BCUT2D eigenvalue weighted by Crippen LogP contribution is -1.91. The van der Waals surface area contributed by atoms with E-state index in [1.807, 2.05) is 25.1 Å². The normalized spacial score (nSPS) is 10.3. The number of rotatable bonds is 2. The zero-order valence-electron chi connectivity index (χ0n) is 8.65. The van der Waals surface area contributed by atoms with Crippen molar-refractivity contribution in [3.8, 4) is 5.75 Å². The van der Waals surface area contributed by atoms with Crippen LogP contribution in [0.15, 0.2) is 24.4 Å². The van der Waals surface area contributed by atoms with Crippen LogP contribution in [-0.4, -0.2) is 18.4 Å². The summed E-state index contributed by atoms with van der Waals surface area (Å²) in [4.78, 5) is 14.9. The molecule has 0 radical (unpaired) electrons. The van der Waals surface area contributed by atoms with E-state index in [1.165, 1.54) is 0 Å². The van der Waals surface area contributed by atoms with Gasteiger partial charge in [-0.1, -0.05) is 6.07 Å². The lowest BCUT2D eigenvalue weighted by atomic mass is 10.1. The molecule has 0 amide bonds. The highest BCUT2D eigenvalue weighted by atomic mass is 16.5. The van der Waals surface area contributed by atoms with E-state index in [2.05, 4.69) is 4.98 Å². The van der Waals surface area contributed by atoms with E-state index in [-0.39, 0.29) is 0 Å². The molecule has 2 aromatic rings. The highest BCUT2D eigenvalue weighted by molar-refractivity contribution is 5.91. The number of hydrogen-bond acceptors (Lipinski definition) is 3. The fourth-order valence-electron chi connectivity index (χ4n) is 1.58. The number of hydrogen-bond donors (Lipinski definition) is 0. The van der Waals surface area contributed by atoms with Crippen LogP contribution in [0.2, 0.25) is 0 Å². The molecule has 0 aliphatic heterocycles. The van der Waals surface area contributed by atoms with Gasteiger partial charge in [-0.3, -0.25) is 9.78 Å². The van der Waals surface area contributed by atoms with Gasteiger partial charge in [-0.2, -0.15) is 0 Å². The molecule has 1 aromatic heterocycles. The number of benzene rings is 1. The smallest absolute Gasteiger partial charge is 0.151 e.